The summed E-state index contributed by atoms with van der Waals surface area (Å²) in [5, 5.41) is 7.75. The number of hydrogen-bond acceptors (Lipinski definition) is 5. The van der Waals surface area contributed by atoms with Crippen LogP contribution in [0.25, 0.3) is 0 Å². The number of nitrogens with two attached hydrogens (primary N) is 1. The predicted molar refractivity (Wildman–Crippen MR) is 61.6 cm³/mol. The topological polar surface area (TPSA) is 73.8 Å². The molecule has 0 spiro atoms. The van der Waals surface area contributed by atoms with Crippen LogP contribution in [0, 0.1) is 5.92 Å². The highest BCUT2D eigenvalue weighted by Crippen LogP contribution is 2.27. The summed E-state index contributed by atoms with van der Waals surface area (Å²) in [6.45, 7) is 7.94. The van der Waals surface area contributed by atoms with Gasteiger partial charge in [0.05, 0.1) is 0 Å². The number of rotatable bonds is 2. The van der Waals surface area contributed by atoms with E-state index in [1.165, 1.54) is 0 Å². The highest BCUT2D eigenvalue weighted by atomic mass is 32.1. The molecule has 0 aliphatic rings. The smallest absolute Gasteiger partial charge is 0.295 e. The van der Waals surface area contributed by atoms with Crippen LogP contribution in [0.2, 0.25) is 0 Å². The summed E-state index contributed by atoms with van der Waals surface area (Å²) in [6, 6.07) is 0. The minimum atomic E-state index is -0.354. The number of nitrogens with zero attached hydrogens (tertiary/aromatic N) is 3. The molecule has 0 aromatic carbocycles. The van der Waals surface area contributed by atoms with Crippen LogP contribution in [0.3, 0.4) is 0 Å². The molecule has 0 saturated heterocycles. The van der Waals surface area contributed by atoms with E-state index < -0.39 is 0 Å². The lowest BCUT2D eigenvalue weighted by Gasteiger charge is -2.27. The van der Waals surface area contributed by atoms with Crippen molar-refractivity contribution in [2.75, 3.05) is 5.84 Å². The SMILES string of the molecule is CC(C)C(C)(C)c1nnc(S)n(N)c1=O. The van der Waals surface area contributed by atoms with Crippen molar-refractivity contribution in [1.29, 1.82) is 0 Å². The molecule has 6 heteroatoms. The van der Waals surface area contributed by atoms with E-state index in [4.69, 9.17) is 5.84 Å². The average molecular weight is 228 g/mol. The summed E-state index contributed by atoms with van der Waals surface area (Å²) in [7, 11) is 0. The van der Waals surface area contributed by atoms with Crippen LogP contribution in [0.15, 0.2) is 9.95 Å². The maximum Gasteiger partial charge on any atom is 0.295 e. The molecular weight excluding hydrogens is 212 g/mol. The van der Waals surface area contributed by atoms with Gasteiger partial charge in [0.2, 0.25) is 5.16 Å². The van der Waals surface area contributed by atoms with E-state index in [2.05, 4.69) is 22.8 Å². The summed E-state index contributed by atoms with van der Waals surface area (Å²) in [5.41, 5.74) is -0.321. The van der Waals surface area contributed by atoms with Crippen molar-refractivity contribution >= 4 is 12.6 Å². The normalized spacial score (nSPS) is 12.1. The third kappa shape index (κ3) is 1.99. The first kappa shape index (κ1) is 12.0. The molecule has 0 unspecified atom stereocenters. The van der Waals surface area contributed by atoms with Gasteiger partial charge in [0, 0.05) is 5.41 Å². The highest BCUT2D eigenvalue weighted by Gasteiger charge is 2.30. The van der Waals surface area contributed by atoms with Crippen molar-refractivity contribution in [1.82, 2.24) is 14.9 Å². The Kier molecular flexibility index (Phi) is 3.08. The number of hydrogen-bond donors (Lipinski definition) is 2. The Balaban J connectivity index is 3.41. The van der Waals surface area contributed by atoms with Crippen LogP contribution in [0.4, 0.5) is 0 Å². The van der Waals surface area contributed by atoms with Gasteiger partial charge in [-0.3, -0.25) is 4.79 Å². The van der Waals surface area contributed by atoms with E-state index in [0.29, 0.717) is 5.69 Å². The predicted octanol–water partition coefficient (Wildman–Crippen LogP) is 0.574. The van der Waals surface area contributed by atoms with Gasteiger partial charge < -0.3 is 5.84 Å². The molecule has 1 aromatic rings. The van der Waals surface area contributed by atoms with Crippen molar-refractivity contribution in [3.8, 4) is 0 Å². The van der Waals surface area contributed by atoms with Gasteiger partial charge in [-0.05, 0) is 5.92 Å². The van der Waals surface area contributed by atoms with Gasteiger partial charge in [0.15, 0.2) is 0 Å². The molecule has 0 amide bonds. The van der Waals surface area contributed by atoms with Gasteiger partial charge in [0.25, 0.3) is 5.56 Å². The Hall–Kier alpha value is -1.04. The molecule has 2 N–H and O–H groups in total. The Morgan fingerprint density at radius 2 is 1.93 bits per heavy atom. The first-order valence-corrected chi connectivity index (χ1v) is 5.17. The summed E-state index contributed by atoms with van der Waals surface area (Å²) in [6.07, 6.45) is 0. The first-order chi connectivity index (χ1) is 6.78. The molecule has 0 bridgehead atoms. The minimum absolute atomic E-state index is 0.114. The summed E-state index contributed by atoms with van der Waals surface area (Å²) in [4.78, 5) is 11.8. The standard InChI is InChI=1S/C9H16N4OS/c1-5(2)9(3,4)6-7(14)13(10)8(15)12-11-6/h5H,10H2,1-4H3,(H,12,15). The van der Waals surface area contributed by atoms with Gasteiger partial charge in [-0.15, -0.1) is 22.8 Å². The maximum atomic E-state index is 11.8. The molecule has 0 radical (unpaired) electrons. The van der Waals surface area contributed by atoms with Crippen LogP contribution >= 0.6 is 12.6 Å². The second kappa shape index (κ2) is 3.84. The summed E-state index contributed by atoms with van der Waals surface area (Å²) in [5.74, 6) is 5.77. The Morgan fingerprint density at radius 1 is 1.40 bits per heavy atom. The second-order valence-corrected chi connectivity index (χ2v) is 4.80. The third-order valence-corrected chi connectivity index (χ3v) is 3.23. The molecule has 1 aromatic heterocycles. The number of aromatic nitrogens is 3. The van der Waals surface area contributed by atoms with Crippen LogP contribution < -0.4 is 11.4 Å². The van der Waals surface area contributed by atoms with Crippen molar-refractivity contribution in [2.24, 2.45) is 5.92 Å². The van der Waals surface area contributed by atoms with Crippen molar-refractivity contribution in [2.45, 2.75) is 38.3 Å². The van der Waals surface area contributed by atoms with Crippen LogP contribution in [-0.4, -0.2) is 14.9 Å². The highest BCUT2D eigenvalue weighted by molar-refractivity contribution is 7.80. The lowest BCUT2D eigenvalue weighted by atomic mass is 9.78. The monoisotopic (exact) mass is 228 g/mol. The second-order valence-electron chi connectivity index (χ2n) is 4.40. The van der Waals surface area contributed by atoms with E-state index in [0.717, 1.165) is 4.68 Å². The Labute approximate surface area is 94.1 Å². The van der Waals surface area contributed by atoms with Gasteiger partial charge >= 0.3 is 0 Å². The Bertz CT molecular complexity index is 425. The minimum Gasteiger partial charge on any atom is -0.334 e. The average Bonchev–Trinajstić information content (AvgIpc) is 2.13. The molecule has 1 rings (SSSR count). The largest absolute Gasteiger partial charge is 0.334 e. The fourth-order valence-corrected chi connectivity index (χ4v) is 1.20. The van der Waals surface area contributed by atoms with E-state index in [1.54, 1.807) is 0 Å². The van der Waals surface area contributed by atoms with Crippen molar-refractivity contribution < 1.29 is 0 Å². The Morgan fingerprint density at radius 3 is 2.40 bits per heavy atom. The van der Waals surface area contributed by atoms with Crippen molar-refractivity contribution in [3.05, 3.63) is 16.0 Å². The van der Waals surface area contributed by atoms with Crippen LogP contribution in [0.5, 0.6) is 0 Å². The number of thiol groups is 1. The van der Waals surface area contributed by atoms with E-state index in [-0.39, 0.29) is 22.0 Å². The molecule has 0 fully saturated rings. The molecule has 1 heterocycles. The van der Waals surface area contributed by atoms with E-state index >= 15 is 0 Å². The van der Waals surface area contributed by atoms with Crippen LogP contribution in [-0.2, 0) is 5.41 Å². The molecule has 0 saturated carbocycles. The van der Waals surface area contributed by atoms with Gasteiger partial charge in [-0.1, -0.05) is 27.7 Å². The van der Waals surface area contributed by atoms with Crippen molar-refractivity contribution in [3.63, 3.8) is 0 Å². The fourth-order valence-electron chi connectivity index (χ4n) is 1.07. The zero-order valence-corrected chi connectivity index (χ0v) is 10.2. The maximum absolute atomic E-state index is 11.8. The molecule has 0 atom stereocenters. The van der Waals surface area contributed by atoms with Crippen LogP contribution in [0.1, 0.15) is 33.4 Å². The molecule has 0 aliphatic heterocycles. The molecule has 84 valence electrons. The first-order valence-electron chi connectivity index (χ1n) is 4.72. The molecule has 15 heavy (non-hydrogen) atoms. The van der Waals surface area contributed by atoms with E-state index in [1.807, 2.05) is 27.7 Å². The summed E-state index contributed by atoms with van der Waals surface area (Å²) < 4.78 is 0.912. The van der Waals surface area contributed by atoms with Gasteiger partial charge in [-0.25, -0.2) is 0 Å². The van der Waals surface area contributed by atoms with Gasteiger partial charge in [-0.2, -0.15) is 4.68 Å². The van der Waals surface area contributed by atoms with E-state index in [9.17, 15) is 4.79 Å². The molecule has 5 nitrogen and oxygen atoms in total. The zero-order chi connectivity index (χ0) is 11.8. The van der Waals surface area contributed by atoms with Gasteiger partial charge in [0.1, 0.15) is 5.69 Å². The lowest BCUT2D eigenvalue weighted by molar-refractivity contribution is 0.349. The molecular formula is C9H16N4OS. The summed E-state index contributed by atoms with van der Waals surface area (Å²) >= 11 is 3.93. The fraction of sp³-hybridized carbons (Fsp3) is 0.667. The number of nitrogen functional groups attached to an aromatic ring is 1. The zero-order valence-electron chi connectivity index (χ0n) is 9.35. The quantitative estimate of drug-likeness (QED) is 0.573. The lowest BCUT2D eigenvalue weighted by Crippen LogP contribution is -2.40. The third-order valence-electron chi connectivity index (χ3n) is 2.93. The molecule has 0 aliphatic carbocycles.